The number of aromatic nitrogens is 1. The fourth-order valence-electron chi connectivity index (χ4n) is 3.58. The summed E-state index contributed by atoms with van der Waals surface area (Å²) in [7, 11) is 0. The third kappa shape index (κ3) is 3.80. The van der Waals surface area contributed by atoms with E-state index in [0.29, 0.717) is 0 Å². The molecule has 1 aliphatic rings. The highest BCUT2D eigenvalue weighted by atomic mass is 15.2. The van der Waals surface area contributed by atoms with Gasteiger partial charge in [0.2, 0.25) is 0 Å². The van der Waals surface area contributed by atoms with Crippen molar-refractivity contribution in [2.45, 2.75) is 57.4 Å². The van der Waals surface area contributed by atoms with Crippen LogP contribution in [0.1, 0.15) is 51.0 Å². The van der Waals surface area contributed by atoms with Gasteiger partial charge in [-0.3, -0.25) is 9.88 Å². The van der Waals surface area contributed by atoms with Crippen LogP contribution in [0.5, 0.6) is 0 Å². The molecule has 2 N–H and O–H groups in total. The Kier molecular flexibility index (Phi) is 5.99. The zero-order chi connectivity index (χ0) is 14.3. The minimum Gasteiger partial charge on any atom is -0.329 e. The molecule has 2 rings (SSSR count). The molecule has 3 heteroatoms. The first kappa shape index (κ1) is 15.5. The standard InChI is InChI=1S/C17H29N3/c1-2-20(13-9-16-8-7-12-19-14-16)17(15-18)10-5-3-4-6-11-17/h7-8,12,14H,2-6,9-11,13,15,18H2,1H3. The van der Waals surface area contributed by atoms with Crippen LogP contribution in [0.2, 0.25) is 0 Å². The van der Waals surface area contributed by atoms with E-state index in [1.165, 1.54) is 44.1 Å². The molecule has 0 atom stereocenters. The molecule has 112 valence electrons. The van der Waals surface area contributed by atoms with E-state index in [2.05, 4.69) is 22.9 Å². The fourth-order valence-corrected chi connectivity index (χ4v) is 3.58. The van der Waals surface area contributed by atoms with Crippen molar-refractivity contribution >= 4 is 0 Å². The van der Waals surface area contributed by atoms with Crippen LogP contribution in [-0.4, -0.2) is 35.1 Å². The highest BCUT2D eigenvalue weighted by Crippen LogP contribution is 2.31. The molecular weight excluding hydrogens is 246 g/mol. The number of rotatable bonds is 6. The van der Waals surface area contributed by atoms with Gasteiger partial charge in [-0.05, 0) is 37.4 Å². The summed E-state index contributed by atoms with van der Waals surface area (Å²) in [6.07, 6.45) is 12.9. The number of pyridine rings is 1. The van der Waals surface area contributed by atoms with Crippen LogP contribution < -0.4 is 5.73 Å². The van der Waals surface area contributed by atoms with Gasteiger partial charge in [-0.15, -0.1) is 0 Å². The largest absolute Gasteiger partial charge is 0.329 e. The maximum absolute atomic E-state index is 6.20. The Balaban J connectivity index is 2.01. The topological polar surface area (TPSA) is 42.2 Å². The first-order chi connectivity index (χ1) is 9.80. The van der Waals surface area contributed by atoms with Crippen molar-refractivity contribution in [3.63, 3.8) is 0 Å². The van der Waals surface area contributed by atoms with Gasteiger partial charge in [0.15, 0.2) is 0 Å². The maximum atomic E-state index is 6.20. The summed E-state index contributed by atoms with van der Waals surface area (Å²) in [4.78, 5) is 6.84. The second kappa shape index (κ2) is 7.75. The van der Waals surface area contributed by atoms with Crippen LogP contribution >= 0.6 is 0 Å². The zero-order valence-electron chi connectivity index (χ0n) is 12.9. The van der Waals surface area contributed by atoms with E-state index in [-0.39, 0.29) is 5.54 Å². The molecule has 0 amide bonds. The second-order valence-corrected chi connectivity index (χ2v) is 6.03. The molecule has 1 fully saturated rings. The van der Waals surface area contributed by atoms with Gasteiger partial charge in [-0.1, -0.05) is 38.7 Å². The zero-order valence-corrected chi connectivity index (χ0v) is 12.9. The van der Waals surface area contributed by atoms with Crippen molar-refractivity contribution in [1.82, 2.24) is 9.88 Å². The molecule has 0 radical (unpaired) electrons. The molecule has 1 aromatic rings. The van der Waals surface area contributed by atoms with E-state index in [4.69, 9.17) is 5.73 Å². The van der Waals surface area contributed by atoms with Crippen LogP contribution in [0.3, 0.4) is 0 Å². The summed E-state index contributed by atoms with van der Waals surface area (Å²) in [5.74, 6) is 0. The summed E-state index contributed by atoms with van der Waals surface area (Å²) in [6, 6.07) is 4.19. The van der Waals surface area contributed by atoms with E-state index >= 15 is 0 Å². The lowest BCUT2D eigenvalue weighted by Crippen LogP contribution is -2.54. The monoisotopic (exact) mass is 275 g/mol. The van der Waals surface area contributed by atoms with Crippen molar-refractivity contribution < 1.29 is 0 Å². The third-order valence-corrected chi connectivity index (χ3v) is 4.86. The summed E-state index contributed by atoms with van der Waals surface area (Å²) in [5.41, 5.74) is 7.77. The number of likely N-dealkylation sites (N-methyl/N-ethyl adjacent to an activating group) is 1. The number of hydrogen-bond donors (Lipinski definition) is 1. The molecule has 0 aromatic carbocycles. The molecule has 3 nitrogen and oxygen atoms in total. The maximum Gasteiger partial charge on any atom is 0.0331 e. The Hall–Kier alpha value is -0.930. The Labute approximate surface area is 123 Å². The van der Waals surface area contributed by atoms with Gasteiger partial charge in [-0.25, -0.2) is 0 Å². The quantitative estimate of drug-likeness (QED) is 0.812. The second-order valence-electron chi connectivity index (χ2n) is 6.03. The minimum absolute atomic E-state index is 0.244. The van der Waals surface area contributed by atoms with Gasteiger partial charge in [-0.2, -0.15) is 0 Å². The van der Waals surface area contributed by atoms with Crippen LogP contribution in [0, 0.1) is 0 Å². The van der Waals surface area contributed by atoms with Crippen molar-refractivity contribution in [2.24, 2.45) is 5.73 Å². The summed E-state index contributed by atoms with van der Waals surface area (Å²) in [5, 5.41) is 0. The molecule has 1 aromatic heterocycles. The van der Waals surface area contributed by atoms with E-state index < -0.39 is 0 Å². The van der Waals surface area contributed by atoms with E-state index in [0.717, 1.165) is 26.1 Å². The van der Waals surface area contributed by atoms with Crippen LogP contribution in [0.15, 0.2) is 24.5 Å². The molecule has 1 aliphatic carbocycles. The lowest BCUT2D eigenvalue weighted by atomic mass is 9.87. The van der Waals surface area contributed by atoms with E-state index in [1.807, 2.05) is 18.5 Å². The third-order valence-electron chi connectivity index (χ3n) is 4.86. The van der Waals surface area contributed by atoms with Gasteiger partial charge in [0, 0.05) is 31.0 Å². The van der Waals surface area contributed by atoms with Crippen molar-refractivity contribution in [3.8, 4) is 0 Å². The van der Waals surface area contributed by atoms with Crippen LogP contribution in [0.4, 0.5) is 0 Å². The van der Waals surface area contributed by atoms with Crippen molar-refractivity contribution in [2.75, 3.05) is 19.6 Å². The Morgan fingerprint density at radius 3 is 2.55 bits per heavy atom. The lowest BCUT2D eigenvalue weighted by molar-refractivity contribution is 0.0847. The SMILES string of the molecule is CCN(CCc1cccnc1)C1(CN)CCCCCC1. The van der Waals surface area contributed by atoms with Gasteiger partial charge in [0.25, 0.3) is 0 Å². The van der Waals surface area contributed by atoms with E-state index in [9.17, 15) is 0 Å². The summed E-state index contributed by atoms with van der Waals surface area (Å²) < 4.78 is 0. The average Bonchev–Trinajstić information content (AvgIpc) is 2.75. The molecule has 0 unspecified atom stereocenters. The van der Waals surface area contributed by atoms with E-state index in [1.54, 1.807) is 0 Å². The number of hydrogen-bond acceptors (Lipinski definition) is 3. The Morgan fingerprint density at radius 1 is 1.25 bits per heavy atom. The van der Waals surface area contributed by atoms with Gasteiger partial charge in [0.05, 0.1) is 0 Å². The average molecular weight is 275 g/mol. The van der Waals surface area contributed by atoms with Gasteiger partial charge >= 0.3 is 0 Å². The first-order valence-electron chi connectivity index (χ1n) is 8.15. The molecule has 0 bridgehead atoms. The molecule has 1 saturated carbocycles. The normalized spacial score (nSPS) is 18.9. The van der Waals surface area contributed by atoms with Crippen molar-refractivity contribution in [3.05, 3.63) is 30.1 Å². The first-order valence-corrected chi connectivity index (χ1v) is 8.15. The van der Waals surface area contributed by atoms with Crippen LogP contribution in [-0.2, 0) is 6.42 Å². The molecular formula is C17H29N3. The predicted molar refractivity (Wildman–Crippen MR) is 84.7 cm³/mol. The summed E-state index contributed by atoms with van der Waals surface area (Å²) >= 11 is 0. The molecule has 0 spiro atoms. The molecule has 0 aliphatic heterocycles. The molecule has 1 heterocycles. The minimum atomic E-state index is 0.244. The smallest absolute Gasteiger partial charge is 0.0331 e. The number of nitrogens with two attached hydrogens (primary N) is 1. The highest BCUT2D eigenvalue weighted by molar-refractivity contribution is 5.09. The van der Waals surface area contributed by atoms with Gasteiger partial charge in [0.1, 0.15) is 0 Å². The molecule has 0 saturated heterocycles. The summed E-state index contributed by atoms with van der Waals surface area (Å²) in [6.45, 7) is 5.26. The predicted octanol–water partition coefficient (Wildman–Crippen LogP) is 3.00. The Morgan fingerprint density at radius 2 is 2.00 bits per heavy atom. The number of nitrogens with zero attached hydrogens (tertiary/aromatic N) is 2. The lowest BCUT2D eigenvalue weighted by Gasteiger charge is -2.43. The fraction of sp³-hybridized carbons (Fsp3) is 0.706. The van der Waals surface area contributed by atoms with Gasteiger partial charge < -0.3 is 5.73 Å². The molecule has 20 heavy (non-hydrogen) atoms. The van der Waals surface area contributed by atoms with Crippen LogP contribution in [0.25, 0.3) is 0 Å². The van der Waals surface area contributed by atoms with Crippen molar-refractivity contribution in [1.29, 1.82) is 0 Å². The highest BCUT2D eigenvalue weighted by Gasteiger charge is 2.34. The Bertz CT molecular complexity index is 369.